The van der Waals surface area contributed by atoms with Gasteiger partial charge in [-0.2, -0.15) is 0 Å². The van der Waals surface area contributed by atoms with Crippen molar-refractivity contribution >= 4 is 21.7 Å². The number of hydrogen-bond donors (Lipinski definition) is 0. The quantitative estimate of drug-likeness (QED) is 0.836. The Morgan fingerprint density at radius 2 is 2.27 bits per heavy atom. The maximum Gasteiger partial charge on any atom is 0.142 e. The first-order valence-electron chi connectivity index (χ1n) is 5.50. The van der Waals surface area contributed by atoms with E-state index >= 15 is 0 Å². The van der Waals surface area contributed by atoms with Crippen molar-refractivity contribution in [3.8, 4) is 0 Å². The average molecular weight is 269 g/mol. The van der Waals surface area contributed by atoms with Crippen LogP contribution in [-0.2, 0) is 0 Å². The molecule has 0 atom stereocenters. The highest BCUT2D eigenvalue weighted by molar-refractivity contribution is 9.10. The first-order valence-corrected chi connectivity index (χ1v) is 6.30. The lowest BCUT2D eigenvalue weighted by Gasteiger charge is -2.31. The van der Waals surface area contributed by atoms with Gasteiger partial charge in [0.05, 0.1) is 4.47 Å². The molecule has 1 aromatic heterocycles. The molecule has 1 aromatic rings. The molecule has 82 valence electrons. The predicted octanol–water partition coefficient (Wildman–Crippen LogP) is 3.39. The summed E-state index contributed by atoms with van der Waals surface area (Å²) in [6.07, 6.45) is 6.05. The smallest absolute Gasteiger partial charge is 0.142 e. The number of rotatable bonds is 3. The molecule has 0 saturated heterocycles. The van der Waals surface area contributed by atoms with Gasteiger partial charge < -0.3 is 4.90 Å². The molecule has 1 aliphatic carbocycles. The van der Waals surface area contributed by atoms with Gasteiger partial charge in [0.15, 0.2) is 0 Å². The predicted molar refractivity (Wildman–Crippen MR) is 67.3 cm³/mol. The summed E-state index contributed by atoms with van der Waals surface area (Å²) in [5, 5.41) is 0. The number of anilines is 1. The first kappa shape index (κ1) is 10.9. The molecule has 15 heavy (non-hydrogen) atoms. The van der Waals surface area contributed by atoms with Gasteiger partial charge in [0, 0.05) is 19.8 Å². The Kier molecular flexibility index (Phi) is 3.29. The van der Waals surface area contributed by atoms with E-state index in [-0.39, 0.29) is 0 Å². The Labute approximate surface area is 99.8 Å². The van der Waals surface area contributed by atoms with Crippen molar-refractivity contribution in [2.24, 2.45) is 5.92 Å². The van der Waals surface area contributed by atoms with Crippen LogP contribution in [0.15, 0.2) is 16.7 Å². The lowest BCUT2D eigenvalue weighted by Crippen LogP contribution is -2.30. The van der Waals surface area contributed by atoms with Crippen LogP contribution in [-0.4, -0.2) is 18.6 Å². The molecule has 0 bridgehead atoms. The van der Waals surface area contributed by atoms with E-state index in [1.807, 2.05) is 12.3 Å². The lowest BCUT2D eigenvalue weighted by atomic mass is 9.85. The lowest BCUT2D eigenvalue weighted by molar-refractivity contribution is 0.321. The minimum absolute atomic E-state index is 0.879. The Morgan fingerprint density at radius 1 is 1.53 bits per heavy atom. The molecule has 1 aliphatic rings. The van der Waals surface area contributed by atoms with Crippen molar-refractivity contribution in [3.63, 3.8) is 0 Å². The third-order valence-electron chi connectivity index (χ3n) is 3.18. The summed E-state index contributed by atoms with van der Waals surface area (Å²) >= 11 is 3.61. The fraction of sp³-hybridized carbons (Fsp3) is 0.583. The van der Waals surface area contributed by atoms with E-state index in [4.69, 9.17) is 0 Å². The maximum absolute atomic E-state index is 4.43. The Hall–Kier alpha value is -0.570. The van der Waals surface area contributed by atoms with Crippen molar-refractivity contribution in [2.45, 2.75) is 26.2 Å². The third-order valence-corrected chi connectivity index (χ3v) is 4.16. The van der Waals surface area contributed by atoms with E-state index in [0.29, 0.717) is 0 Å². The second-order valence-electron chi connectivity index (χ2n) is 4.44. The topological polar surface area (TPSA) is 16.1 Å². The summed E-state index contributed by atoms with van der Waals surface area (Å²) in [5.74, 6) is 1.95. The Bertz CT molecular complexity index is 347. The number of hydrogen-bond acceptors (Lipinski definition) is 2. The van der Waals surface area contributed by atoms with Crippen LogP contribution < -0.4 is 4.90 Å². The summed E-state index contributed by atoms with van der Waals surface area (Å²) in [4.78, 5) is 6.69. The molecule has 2 rings (SSSR count). The van der Waals surface area contributed by atoms with Crippen LogP contribution in [0.4, 0.5) is 5.82 Å². The SMILES string of the molecule is Cc1ccnc(N(C)CC2CCC2)c1Br. The van der Waals surface area contributed by atoms with Crippen molar-refractivity contribution in [1.29, 1.82) is 0 Å². The molecule has 1 fully saturated rings. The van der Waals surface area contributed by atoms with Crippen LogP contribution >= 0.6 is 15.9 Å². The van der Waals surface area contributed by atoms with Gasteiger partial charge in [-0.3, -0.25) is 0 Å². The van der Waals surface area contributed by atoms with Crippen LogP contribution in [0.5, 0.6) is 0 Å². The van der Waals surface area contributed by atoms with E-state index < -0.39 is 0 Å². The Morgan fingerprint density at radius 3 is 2.87 bits per heavy atom. The fourth-order valence-electron chi connectivity index (χ4n) is 1.94. The molecular weight excluding hydrogens is 252 g/mol. The maximum atomic E-state index is 4.43. The molecule has 0 unspecified atom stereocenters. The molecule has 2 nitrogen and oxygen atoms in total. The molecule has 0 amide bonds. The summed E-state index contributed by atoms with van der Waals surface area (Å²) in [6, 6.07) is 2.03. The average Bonchev–Trinajstić information content (AvgIpc) is 2.15. The Balaban J connectivity index is 2.09. The monoisotopic (exact) mass is 268 g/mol. The molecule has 0 aromatic carbocycles. The largest absolute Gasteiger partial charge is 0.358 e. The van der Waals surface area contributed by atoms with Gasteiger partial charge in [-0.15, -0.1) is 0 Å². The van der Waals surface area contributed by atoms with Gasteiger partial charge in [-0.05, 0) is 53.2 Å². The number of aryl methyl sites for hydroxylation is 1. The van der Waals surface area contributed by atoms with E-state index in [0.717, 1.165) is 22.8 Å². The minimum atomic E-state index is 0.879. The highest BCUT2D eigenvalue weighted by atomic mass is 79.9. The summed E-state index contributed by atoms with van der Waals surface area (Å²) in [6.45, 7) is 3.24. The molecular formula is C12H17BrN2. The molecule has 0 aliphatic heterocycles. The number of aromatic nitrogens is 1. The summed E-state index contributed by atoms with van der Waals surface area (Å²) < 4.78 is 1.13. The zero-order chi connectivity index (χ0) is 10.8. The van der Waals surface area contributed by atoms with Crippen LogP contribution in [0.2, 0.25) is 0 Å². The van der Waals surface area contributed by atoms with Crippen molar-refractivity contribution in [3.05, 3.63) is 22.3 Å². The van der Waals surface area contributed by atoms with Crippen molar-refractivity contribution in [2.75, 3.05) is 18.5 Å². The number of pyridine rings is 1. The van der Waals surface area contributed by atoms with Crippen molar-refractivity contribution in [1.82, 2.24) is 4.98 Å². The summed E-state index contributed by atoms with van der Waals surface area (Å²) in [5.41, 5.74) is 1.25. The van der Waals surface area contributed by atoms with Gasteiger partial charge >= 0.3 is 0 Å². The first-order chi connectivity index (χ1) is 7.18. The van der Waals surface area contributed by atoms with E-state index in [1.54, 1.807) is 0 Å². The summed E-state index contributed by atoms with van der Waals surface area (Å²) in [7, 11) is 2.13. The highest BCUT2D eigenvalue weighted by Crippen LogP contribution is 2.31. The third kappa shape index (κ3) is 2.33. The number of nitrogens with zero attached hydrogens (tertiary/aromatic N) is 2. The minimum Gasteiger partial charge on any atom is -0.358 e. The molecule has 0 N–H and O–H groups in total. The van der Waals surface area contributed by atoms with Gasteiger partial charge in [0.1, 0.15) is 5.82 Å². The molecule has 0 spiro atoms. The zero-order valence-corrected chi connectivity index (χ0v) is 10.9. The van der Waals surface area contributed by atoms with Gasteiger partial charge in [-0.25, -0.2) is 4.98 Å². The standard InChI is InChI=1S/C12H17BrN2/c1-9-6-7-14-12(11(9)13)15(2)8-10-4-3-5-10/h6-7,10H,3-5,8H2,1-2H3. The van der Waals surface area contributed by atoms with Gasteiger partial charge in [-0.1, -0.05) is 6.42 Å². The van der Waals surface area contributed by atoms with Crippen LogP contribution in [0, 0.1) is 12.8 Å². The zero-order valence-electron chi connectivity index (χ0n) is 9.33. The molecule has 1 heterocycles. The second kappa shape index (κ2) is 4.52. The fourth-order valence-corrected chi connectivity index (χ4v) is 2.48. The van der Waals surface area contributed by atoms with Gasteiger partial charge in [0.2, 0.25) is 0 Å². The van der Waals surface area contributed by atoms with E-state index in [2.05, 4.69) is 39.8 Å². The van der Waals surface area contributed by atoms with E-state index in [1.165, 1.54) is 24.8 Å². The molecule has 1 saturated carbocycles. The molecule has 0 radical (unpaired) electrons. The second-order valence-corrected chi connectivity index (χ2v) is 5.24. The normalized spacial score (nSPS) is 16.2. The molecule has 3 heteroatoms. The van der Waals surface area contributed by atoms with Crippen LogP contribution in [0.3, 0.4) is 0 Å². The van der Waals surface area contributed by atoms with Crippen LogP contribution in [0.25, 0.3) is 0 Å². The highest BCUT2D eigenvalue weighted by Gasteiger charge is 2.20. The van der Waals surface area contributed by atoms with E-state index in [9.17, 15) is 0 Å². The van der Waals surface area contributed by atoms with Crippen molar-refractivity contribution < 1.29 is 0 Å². The van der Waals surface area contributed by atoms with Gasteiger partial charge in [0.25, 0.3) is 0 Å². The number of halogens is 1. The van der Waals surface area contributed by atoms with Crippen LogP contribution in [0.1, 0.15) is 24.8 Å².